The van der Waals surface area contributed by atoms with Crippen LogP contribution in [0.5, 0.6) is 5.75 Å². The lowest BCUT2D eigenvalue weighted by Crippen LogP contribution is -2.15. The van der Waals surface area contributed by atoms with Gasteiger partial charge in [0.2, 0.25) is 0 Å². The molecule has 0 amide bonds. The van der Waals surface area contributed by atoms with E-state index >= 15 is 0 Å². The normalized spacial score (nSPS) is 10.0. The lowest BCUT2D eigenvalue weighted by molar-refractivity contribution is 0.280. The second kappa shape index (κ2) is 5.99. The minimum Gasteiger partial charge on any atom is -0.490 e. The van der Waals surface area contributed by atoms with Crippen molar-refractivity contribution >= 4 is 0 Å². The molecular formula is C11H15N3O. The van der Waals surface area contributed by atoms with E-state index in [4.69, 9.17) is 10.00 Å². The van der Waals surface area contributed by atoms with Crippen LogP contribution in [-0.2, 0) is 0 Å². The van der Waals surface area contributed by atoms with Crippen LogP contribution in [0.4, 0.5) is 0 Å². The van der Waals surface area contributed by atoms with Gasteiger partial charge in [0.15, 0.2) is 11.4 Å². The molecule has 4 nitrogen and oxygen atoms in total. The predicted molar refractivity (Wildman–Crippen MR) is 57.6 cm³/mol. The highest BCUT2D eigenvalue weighted by atomic mass is 16.5. The summed E-state index contributed by atoms with van der Waals surface area (Å²) in [6.45, 7) is 1.58. The molecule has 0 spiro atoms. The zero-order valence-corrected chi connectivity index (χ0v) is 9.10. The maximum atomic E-state index is 8.76. The second-order valence-electron chi connectivity index (χ2n) is 3.47. The van der Waals surface area contributed by atoms with Crippen LogP contribution in [0.25, 0.3) is 0 Å². The van der Waals surface area contributed by atoms with E-state index in [1.165, 1.54) is 0 Å². The molecule has 0 aliphatic carbocycles. The third-order valence-corrected chi connectivity index (χ3v) is 1.88. The van der Waals surface area contributed by atoms with Crippen LogP contribution in [0, 0.1) is 11.3 Å². The molecule has 1 rings (SSSR count). The molecule has 4 heteroatoms. The van der Waals surface area contributed by atoms with Crippen molar-refractivity contribution in [3.63, 3.8) is 0 Å². The van der Waals surface area contributed by atoms with Gasteiger partial charge in [-0.3, -0.25) is 0 Å². The second-order valence-corrected chi connectivity index (χ2v) is 3.47. The molecule has 1 aromatic heterocycles. The number of ether oxygens (including phenoxy) is 1. The fraction of sp³-hybridized carbons (Fsp3) is 0.455. The quantitative estimate of drug-likeness (QED) is 0.679. The highest BCUT2D eigenvalue weighted by Gasteiger charge is 2.02. The van der Waals surface area contributed by atoms with Crippen molar-refractivity contribution in [2.45, 2.75) is 6.42 Å². The number of nitriles is 1. The van der Waals surface area contributed by atoms with Crippen molar-refractivity contribution in [1.29, 1.82) is 5.26 Å². The number of pyridine rings is 1. The largest absolute Gasteiger partial charge is 0.490 e. The summed E-state index contributed by atoms with van der Waals surface area (Å²) in [4.78, 5) is 6.01. The Morgan fingerprint density at radius 1 is 1.53 bits per heavy atom. The Hall–Kier alpha value is -1.60. The summed E-state index contributed by atoms with van der Waals surface area (Å²) in [5.41, 5.74) is 0.349. The predicted octanol–water partition coefficient (Wildman–Crippen LogP) is 1.28. The SMILES string of the molecule is CN(C)CCCOc1cccnc1C#N. The van der Waals surface area contributed by atoms with Gasteiger partial charge in [-0.05, 0) is 32.6 Å². The van der Waals surface area contributed by atoms with E-state index < -0.39 is 0 Å². The van der Waals surface area contributed by atoms with Crippen molar-refractivity contribution in [3.8, 4) is 11.8 Å². The summed E-state index contributed by atoms with van der Waals surface area (Å²) >= 11 is 0. The molecule has 0 radical (unpaired) electrons. The van der Waals surface area contributed by atoms with Crippen LogP contribution in [0.3, 0.4) is 0 Å². The molecule has 80 valence electrons. The molecule has 0 aliphatic heterocycles. The zero-order chi connectivity index (χ0) is 11.1. The first-order chi connectivity index (χ1) is 7.24. The van der Waals surface area contributed by atoms with Crippen LogP contribution in [-0.4, -0.2) is 37.1 Å². The first-order valence-corrected chi connectivity index (χ1v) is 4.86. The Morgan fingerprint density at radius 2 is 2.33 bits per heavy atom. The van der Waals surface area contributed by atoms with E-state index in [0.29, 0.717) is 18.1 Å². The lowest BCUT2D eigenvalue weighted by atomic mass is 10.3. The van der Waals surface area contributed by atoms with Gasteiger partial charge in [-0.15, -0.1) is 0 Å². The monoisotopic (exact) mass is 205 g/mol. The summed E-state index contributed by atoms with van der Waals surface area (Å²) in [6.07, 6.45) is 2.53. The van der Waals surface area contributed by atoms with Crippen LogP contribution >= 0.6 is 0 Å². The van der Waals surface area contributed by atoms with Crippen LogP contribution < -0.4 is 4.74 Å². The average Bonchev–Trinajstić information content (AvgIpc) is 2.24. The van der Waals surface area contributed by atoms with Gasteiger partial charge in [0.05, 0.1) is 6.61 Å². The van der Waals surface area contributed by atoms with Gasteiger partial charge < -0.3 is 9.64 Å². The Kier molecular flexibility index (Phi) is 4.58. The molecule has 1 aromatic rings. The number of hydrogen-bond donors (Lipinski definition) is 0. The van der Waals surface area contributed by atoms with Crippen molar-refractivity contribution in [3.05, 3.63) is 24.0 Å². The number of rotatable bonds is 5. The van der Waals surface area contributed by atoms with Crippen LogP contribution in [0.1, 0.15) is 12.1 Å². The summed E-state index contributed by atoms with van der Waals surface area (Å²) in [6, 6.07) is 5.53. The number of aromatic nitrogens is 1. The van der Waals surface area contributed by atoms with Crippen molar-refractivity contribution in [1.82, 2.24) is 9.88 Å². The van der Waals surface area contributed by atoms with E-state index in [9.17, 15) is 0 Å². The molecule has 0 saturated heterocycles. The molecular weight excluding hydrogens is 190 g/mol. The Labute approximate surface area is 90.1 Å². The molecule has 0 unspecified atom stereocenters. The van der Waals surface area contributed by atoms with Gasteiger partial charge >= 0.3 is 0 Å². The van der Waals surface area contributed by atoms with Gasteiger partial charge in [-0.2, -0.15) is 5.26 Å². The minimum absolute atomic E-state index is 0.349. The minimum atomic E-state index is 0.349. The van der Waals surface area contributed by atoms with E-state index in [1.807, 2.05) is 20.2 Å². The van der Waals surface area contributed by atoms with E-state index in [0.717, 1.165) is 13.0 Å². The lowest BCUT2D eigenvalue weighted by Gasteiger charge is -2.10. The van der Waals surface area contributed by atoms with Gasteiger partial charge in [0.25, 0.3) is 0 Å². The third kappa shape index (κ3) is 3.96. The fourth-order valence-electron chi connectivity index (χ4n) is 1.15. The molecule has 15 heavy (non-hydrogen) atoms. The van der Waals surface area contributed by atoms with E-state index in [1.54, 1.807) is 18.3 Å². The van der Waals surface area contributed by atoms with Gasteiger partial charge in [0, 0.05) is 12.7 Å². The Morgan fingerprint density at radius 3 is 3.00 bits per heavy atom. The summed E-state index contributed by atoms with van der Waals surface area (Å²) in [5, 5.41) is 8.76. The maximum Gasteiger partial charge on any atom is 0.182 e. The highest BCUT2D eigenvalue weighted by molar-refractivity contribution is 5.36. The fourth-order valence-corrected chi connectivity index (χ4v) is 1.15. The average molecular weight is 205 g/mol. The zero-order valence-electron chi connectivity index (χ0n) is 9.10. The van der Waals surface area contributed by atoms with E-state index in [2.05, 4.69) is 9.88 Å². The van der Waals surface area contributed by atoms with Crippen molar-refractivity contribution < 1.29 is 4.74 Å². The topological polar surface area (TPSA) is 49.1 Å². The molecule has 0 aliphatic rings. The van der Waals surface area contributed by atoms with Crippen molar-refractivity contribution in [2.24, 2.45) is 0 Å². The Bertz CT molecular complexity index is 344. The number of nitrogens with zero attached hydrogens (tertiary/aromatic N) is 3. The molecule has 0 saturated carbocycles. The van der Waals surface area contributed by atoms with Gasteiger partial charge in [0.1, 0.15) is 6.07 Å². The maximum absolute atomic E-state index is 8.76. The number of hydrogen-bond acceptors (Lipinski definition) is 4. The van der Waals surface area contributed by atoms with Crippen LogP contribution in [0.2, 0.25) is 0 Å². The summed E-state index contributed by atoms with van der Waals surface area (Å²) in [7, 11) is 4.04. The Balaban J connectivity index is 2.41. The van der Waals surface area contributed by atoms with Crippen LogP contribution in [0.15, 0.2) is 18.3 Å². The molecule has 0 atom stereocenters. The first kappa shape index (κ1) is 11.5. The van der Waals surface area contributed by atoms with Gasteiger partial charge in [-0.1, -0.05) is 0 Å². The molecule has 0 bridgehead atoms. The standard InChI is InChI=1S/C11H15N3O/c1-14(2)7-4-8-15-11-5-3-6-13-10(11)9-12/h3,5-6H,4,7-8H2,1-2H3. The summed E-state index contributed by atoms with van der Waals surface area (Å²) in [5.74, 6) is 0.568. The molecule has 0 fully saturated rings. The summed E-state index contributed by atoms with van der Waals surface area (Å²) < 4.78 is 5.47. The molecule has 0 aromatic carbocycles. The smallest absolute Gasteiger partial charge is 0.182 e. The van der Waals surface area contributed by atoms with Gasteiger partial charge in [-0.25, -0.2) is 4.98 Å². The molecule has 1 heterocycles. The first-order valence-electron chi connectivity index (χ1n) is 4.86. The highest BCUT2D eigenvalue weighted by Crippen LogP contribution is 2.13. The van der Waals surface area contributed by atoms with E-state index in [-0.39, 0.29) is 0 Å². The molecule has 0 N–H and O–H groups in total. The third-order valence-electron chi connectivity index (χ3n) is 1.88. The van der Waals surface area contributed by atoms with Crippen molar-refractivity contribution in [2.75, 3.05) is 27.2 Å².